The van der Waals surface area contributed by atoms with Gasteiger partial charge < -0.3 is 5.11 Å². The maximum absolute atomic E-state index is 12.6. The first-order valence-corrected chi connectivity index (χ1v) is 4.25. The lowest BCUT2D eigenvalue weighted by Crippen LogP contribution is -1.98. The second kappa shape index (κ2) is 4.08. The topological polar surface area (TPSA) is 20.2 Å². The van der Waals surface area contributed by atoms with E-state index in [0.29, 0.717) is 5.56 Å². The predicted molar refractivity (Wildman–Crippen MR) is 47.1 cm³/mol. The van der Waals surface area contributed by atoms with Gasteiger partial charge in [0.15, 0.2) is 0 Å². The average Bonchev–Trinajstić information content (AvgIpc) is 2.08. The molecule has 0 heterocycles. The van der Waals surface area contributed by atoms with Crippen molar-refractivity contribution in [2.24, 2.45) is 0 Å². The quantitative estimate of drug-likeness (QED) is 0.742. The van der Waals surface area contributed by atoms with Crippen LogP contribution < -0.4 is 0 Å². The molecule has 0 fully saturated rings. The molecule has 1 nitrogen and oxygen atoms in total. The van der Waals surface area contributed by atoms with Crippen LogP contribution in [0.3, 0.4) is 0 Å². The standard InChI is InChI=1S/C8H7Cl2FO/c9-4-8(12)5-1-2-7(11)6(10)3-5/h1-3,8,12H,4H2/t8-/m0/s1. The Balaban J connectivity index is 2.96. The fourth-order valence-electron chi connectivity index (χ4n) is 0.809. The predicted octanol–water partition coefficient (Wildman–Crippen LogP) is 2.75. The Morgan fingerprint density at radius 1 is 1.50 bits per heavy atom. The molecular weight excluding hydrogens is 202 g/mol. The molecule has 4 heteroatoms. The molecule has 0 saturated heterocycles. The number of benzene rings is 1. The van der Waals surface area contributed by atoms with Crippen LogP contribution in [0.4, 0.5) is 4.39 Å². The number of hydrogen-bond acceptors (Lipinski definition) is 1. The van der Waals surface area contributed by atoms with Crippen LogP contribution in [0.1, 0.15) is 11.7 Å². The summed E-state index contributed by atoms with van der Waals surface area (Å²) in [6, 6.07) is 4.02. The summed E-state index contributed by atoms with van der Waals surface area (Å²) in [7, 11) is 0. The Kier molecular flexibility index (Phi) is 3.32. The summed E-state index contributed by atoms with van der Waals surface area (Å²) in [5.41, 5.74) is 0.524. The van der Waals surface area contributed by atoms with Gasteiger partial charge in [-0.15, -0.1) is 11.6 Å². The van der Waals surface area contributed by atoms with Crippen molar-refractivity contribution in [2.75, 3.05) is 5.88 Å². The minimum atomic E-state index is -0.787. The van der Waals surface area contributed by atoms with Crippen molar-refractivity contribution in [1.29, 1.82) is 0 Å². The summed E-state index contributed by atoms with van der Waals surface area (Å²) < 4.78 is 12.6. The normalized spacial score (nSPS) is 13.0. The van der Waals surface area contributed by atoms with Gasteiger partial charge in [-0.2, -0.15) is 0 Å². The third-order valence-electron chi connectivity index (χ3n) is 1.47. The molecule has 0 aliphatic carbocycles. The molecule has 0 aliphatic rings. The highest BCUT2D eigenvalue weighted by Gasteiger charge is 2.07. The van der Waals surface area contributed by atoms with Crippen LogP contribution >= 0.6 is 23.2 Å². The molecule has 0 spiro atoms. The third-order valence-corrected chi connectivity index (χ3v) is 2.06. The SMILES string of the molecule is O[C@@H](CCl)c1ccc(F)c(Cl)c1. The van der Waals surface area contributed by atoms with Crippen LogP contribution in [0.25, 0.3) is 0 Å². The highest BCUT2D eigenvalue weighted by Crippen LogP contribution is 2.21. The molecule has 0 aliphatic heterocycles. The largest absolute Gasteiger partial charge is 0.387 e. The number of rotatable bonds is 2. The molecule has 0 unspecified atom stereocenters. The van der Waals surface area contributed by atoms with Gasteiger partial charge in [0.1, 0.15) is 5.82 Å². The molecule has 0 bridgehead atoms. The number of hydrogen-bond donors (Lipinski definition) is 1. The summed E-state index contributed by atoms with van der Waals surface area (Å²) in [5, 5.41) is 9.23. The molecule has 0 saturated carbocycles. The van der Waals surface area contributed by atoms with E-state index in [0.717, 1.165) is 0 Å². The second-order valence-electron chi connectivity index (χ2n) is 2.34. The van der Waals surface area contributed by atoms with E-state index in [1.807, 2.05) is 0 Å². The van der Waals surface area contributed by atoms with E-state index in [1.54, 1.807) is 0 Å². The Morgan fingerprint density at radius 2 is 2.17 bits per heavy atom. The summed E-state index contributed by atoms with van der Waals surface area (Å²) in [6.45, 7) is 0. The number of aliphatic hydroxyl groups is 1. The summed E-state index contributed by atoms with van der Waals surface area (Å²) in [6.07, 6.45) is -0.787. The summed E-state index contributed by atoms with van der Waals surface area (Å²) in [5.74, 6) is -0.427. The lowest BCUT2D eigenvalue weighted by atomic mass is 10.1. The Bertz CT molecular complexity index is 278. The first-order chi connectivity index (χ1) is 5.65. The highest BCUT2D eigenvalue weighted by molar-refractivity contribution is 6.30. The molecule has 1 aromatic rings. The molecule has 1 atom stereocenters. The van der Waals surface area contributed by atoms with E-state index in [-0.39, 0.29) is 10.9 Å². The first kappa shape index (κ1) is 9.78. The molecule has 1 rings (SSSR count). The monoisotopic (exact) mass is 208 g/mol. The van der Waals surface area contributed by atoms with Crippen LogP contribution in [0, 0.1) is 5.82 Å². The van der Waals surface area contributed by atoms with Gasteiger partial charge in [0, 0.05) is 0 Å². The van der Waals surface area contributed by atoms with Gasteiger partial charge in [-0.1, -0.05) is 17.7 Å². The fraction of sp³-hybridized carbons (Fsp3) is 0.250. The minimum Gasteiger partial charge on any atom is -0.387 e. The molecule has 0 radical (unpaired) electrons. The zero-order chi connectivity index (χ0) is 9.14. The number of halogens is 3. The molecule has 0 amide bonds. The van der Waals surface area contributed by atoms with E-state index in [2.05, 4.69) is 0 Å². The van der Waals surface area contributed by atoms with Crippen molar-refractivity contribution in [3.8, 4) is 0 Å². The highest BCUT2D eigenvalue weighted by atomic mass is 35.5. The Hall–Kier alpha value is -0.310. The lowest BCUT2D eigenvalue weighted by Gasteiger charge is -2.06. The maximum Gasteiger partial charge on any atom is 0.141 e. The van der Waals surface area contributed by atoms with Gasteiger partial charge in [0.2, 0.25) is 0 Å². The van der Waals surface area contributed by atoms with E-state index >= 15 is 0 Å². The van der Waals surface area contributed by atoms with Gasteiger partial charge >= 0.3 is 0 Å². The average molecular weight is 209 g/mol. The van der Waals surface area contributed by atoms with E-state index in [9.17, 15) is 9.50 Å². The number of aliphatic hydroxyl groups excluding tert-OH is 1. The molecule has 66 valence electrons. The Morgan fingerprint density at radius 3 is 2.67 bits per heavy atom. The van der Waals surface area contributed by atoms with Gasteiger partial charge in [0.05, 0.1) is 17.0 Å². The van der Waals surface area contributed by atoms with Gasteiger partial charge in [-0.25, -0.2) is 4.39 Å². The van der Waals surface area contributed by atoms with Crippen molar-refractivity contribution >= 4 is 23.2 Å². The van der Waals surface area contributed by atoms with Gasteiger partial charge in [0.25, 0.3) is 0 Å². The van der Waals surface area contributed by atoms with Crippen LogP contribution in [0.15, 0.2) is 18.2 Å². The van der Waals surface area contributed by atoms with Gasteiger partial charge in [-0.3, -0.25) is 0 Å². The van der Waals surface area contributed by atoms with Gasteiger partial charge in [-0.05, 0) is 17.7 Å². The van der Waals surface area contributed by atoms with E-state index < -0.39 is 11.9 Å². The summed E-state index contributed by atoms with van der Waals surface area (Å²) in [4.78, 5) is 0. The van der Waals surface area contributed by atoms with E-state index in [4.69, 9.17) is 23.2 Å². The van der Waals surface area contributed by atoms with Crippen molar-refractivity contribution in [1.82, 2.24) is 0 Å². The first-order valence-electron chi connectivity index (χ1n) is 3.34. The molecule has 0 aromatic heterocycles. The fourth-order valence-corrected chi connectivity index (χ4v) is 1.18. The van der Waals surface area contributed by atoms with E-state index in [1.165, 1.54) is 18.2 Å². The summed E-state index contributed by atoms with van der Waals surface area (Å²) >= 11 is 10.9. The maximum atomic E-state index is 12.6. The lowest BCUT2D eigenvalue weighted by molar-refractivity contribution is 0.202. The second-order valence-corrected chi connectivity index (χ2v) is 3.06. The molecule has 1 N–H and O–H groups in total. The van der Waals surface area contributed by atoms with Crippen LogP contribution in [0.2, 0.25) is 5.02 Å². The zero-order valence-electron chi connectivity index (χ0n) is 6.10. The molecule has 12 heavy (non-hydrogen) atoms. The van der Waals surface area contributed by atoms with Crippen molar-refractivity contribution in [2.45, 2.75) is 6.10 Å². The van der Waals surface area contributed by atoms with Crippen molar-refractivity contribution in [3.05, 3.63) is 34.6 Å². The minimum absolute atomic E-state index is 0.00309. The Labute approximate surface area is 79.7 Å². The molecular formula is C8H7Cl2FO. The molecule has 1 aromatic carbocycles. The van der Waals surface area contributed by atoms with Crippen LogP contribution in [0.5, 0.6) is 0 Å². The zero-order valence-corrected chi connectivity index (χ0v) is 7.61. The smallest absolute Gasteiger partial charge is 0.141 e. The van der Waals surface area contributed by atoms with Crippen LogP contribution in [-0.2, 0) is 0 Å². The van der Waals surface area contributed by atoms with Crippen molar-refractivity contribution < 1.29 is 9.50 Å². The van der Waals surface area contributed by atoms with Crippen molar-refractivity contribution in [3.63, 3.8) is 0 Å². The number of alkyl halides is 1. The van der Waals surface area contributed by atoms with Crippen LogP contribution in [-0.4, -0.2) is 11.0 Å². The third kappa shape index (κ3) is 2.09.